The van der Waals surface area contributed by atoms with Crippen LogP contribution in [-0.4, -0.2) is 15.7 Å². The summed E-state index contributed by atoms with van der Waals surface area (Å²) < 4.78 is 1.87. The second-order valence-corrected chi connectivity index (χ2v) is 8.05. The van der Waals surface area contributed by atoms with Crippen LogP contribution < -0.4 is 5.32 Å². The fourth-order valence-corrected chi connectivity index (χ4v) is 3.88. The normalized spacial score (nSPS) is 15.2. The van der Waals surface area contributed by atoms with Crippen LogP contribution in [0.25, 0.3) is 0 Å². The predicted molar refractivity (Wildman–Crippen MR) is 90.8 cm³/mol. The number of aryl methyl sites for hydroxylation is 2. The second-order valence-electron chi connectivity index (χ2n) is 6.92. The van der Waals surface area contributed by atoms with Crippen LogP contribution in [0.15, 0.2) is 18.5 Å². The Balaban J connectivity index is 1.73. The van der Waals surface area contributed by atoms with Gasteiger partial charge >= 0.3 is 0 Å². The molecule has 5 heteroatoms. The number of aromatic nitrogens is 2. The van der Waals surface area contributed by atoms with Crippen LogP contribution in [0, 0.1) is 0 Å². The molecule has 22 heavy (non-hydrogen) atoms. The third kappa shape index (κ3) is 3.24. The predicted octanol–water partition coefficient (Wildman–Crippen LogP) is 4.22. The Morgan fingerprint density at radius 2 is 2.05 bits per heavy atom. The zero-order valence-electron chi connectivity index (χ0n) is 13.5. The van der Waals surface area contributed by atoms with Crippen LogP contribution in [0.1, 0.15) is 60.1 Å². The van der Waals surface area contributed by atoms with E-state index in [4.69, 9.17) is 0 Å². The van der Waals surface area contributed by atoms with Gasteiger partial charge in [-0.1, -0.05) is 6.42 Å². The molecule has 0 aliphatic heterocycles. The molecular formula is C17H23N3OS. The number of amides is 1. The summed E-state index contributed by atoms with van der Waals surface area (Å²) in [7, 11) is 0. The van der Waals surface area contributed by atoms with E-state index in [1.807, 2.05) is 10.9 Å². The maximum absolute atomic E-state index is 12.4. The average molecular weight is 317 g/mol. The van der Waals surface area contributed by atoms with Gasteiger partial charge in [0.1, 0.15) is 0 Å². The molecule has 1 aliphatic carbocycles. The van der Waals surface area contributed by atoms with Crippen molar-refractivity contribution < 1.29 is 4.79 Å². The Morgan fingerprint density at radius 1 is 1.27 bits per heavy atom. The lowest BCUT2D eigenvalue weighted by Crippen LogP contribution is -2.22. The molecule has 0 radical (unpaired) electrons. The average Bonchev–Trinajstić information content (AvgIpc) is 3.01. The van der Waals surface area contributed by atoms with Crippen LogP contribution in [0.3, 0.4) is 0 Å². The molecule has 2 aromatic rings. The summed E-state index contributed by atoms with van der Waals surface area (Å²) in [5.41, 5.74) is 2.05. The summed E-state index contributed by atoms with van der Waals surface area (Å²) in [4.78, 5) is 14.7. The maximum atomic E-state index is 12.4. The number of carbonyl (C=O) groups is 1. The molecule has 2 heterocycles. The Morgan fingerprint density at radius 3 is 2.77 bits per heavy atom. The molecule has 0 fully saturated rings. The van der Waals surface area contributed by atoms with Crippen LogP contribution in [0.2, 0.25) is 0 Å². The van der Waals surface area contributed by atoms with E-state index >= 15 is 0 Å². The summed E-state index contributed by atoms with van der Waals surface area (Å²) in [6.45, 7) is 6.26. The van der Waals surface area contributed by atoms with Crippen LogP contribution in [0.4, 0.5) is 5.69 Å². The highest BCUT2D eigenvalue weighted by molar-refractivity contribution is 7.14. The molecule has 4 nitrogen and oxygen atoms in total. The first kappa shape index (κ1) is 15.3. The Hall–Kier alpha value is -1.62. The van der Waals surface area contributed by atoms with Crippen molar-refractivity contribution in [2.75, 3.05) is 5.32 Å². The standard InChI is InChI=1S/C17H23N3OS/c1-17(2,3)20-11-13(10-18-20)19-16(21)15-9-12-7-5-4-6-8-14(12)22-15/h9-11H,4-8H2,1-3H3,(H,19,21). The Kier molecular flexibility index (Phi) is 4.08. The zero-order valence-corrected chi connectivity index (χ0v) is 14.3. The molecule has 0 spiro atoms. The van der Waals surface area contributed by atoms with E-state index in [-0.39, 0.29) is 11.4 Å². The Labute approximate surface area is 135 Å². The number of rotatable bonds is 2. The van der Waals surface area contributed by atoms with E-state index in [2.05, 4.69) is 37.3 Å². The van der Waals surface area contributed by atoms with Gasteiger partial charge in [-0.05, 0) is 58.1 Å². The zero-order chi connectivity index (χ0) is 15.7. The van der Waals surface area contributed by atoms with E-state index in [9.17, 15) is 4.79 Å². The van der Waals surface area contributed by atoms with Gasteiger partial charge in [0, 0.05) is 11.1 Å². The van der Waals surface area contributed by atoms with E-state index in [1.165, 1.54) is 29.7 Å². The van der Waals surface area contributed by atoms with Gasteiger partial charge < -0.3 is 5.32 Å². The number of hydrogen-bond donors (Lipinski definition) is 1. The molecule has 118 valence electrons. The minimum atomic E-state index is -0.0801. The van der Waals surface area contributed by atoms with Crippen molar-refractivity contribution in [2.45, 2.75) is 58.4 Å². The number of thiophene rings is 1. The summed E-state index contributed by atoms with van der Waals surface area (Å²) in [6, 6.07) is 2.08. The molecule has 2 aromatic heterocycles. The molecule has 0 saturated heterocycles. The topological polar surface area (TPSA) is 46.9 Å². The fraction of sp³-hybridized carbons (Fsp3) is 0.529. The third-order valence-electron chi connectivity index (χ3n) is 4.00. The van der Waals surface area contributed by atoms with Crippen molar-refractivity contribution in [3.05, 3.63) is 33.8 Å². The van der Waals surface area contributed by atoms with E-state index in [0.717, 1.165) is 23.4 Å². The highest BCUT2D eigenvalue weighted by atomic mass is 32.1. The van der Waals surface area contributed by atoms with Gasteiger partial charge in [-0.15, -0.1) is 11.3 Å². The van der Waals surface area contributed by atoms with E-state index in [1.54, 1.807) is 17.5 Å². The molecule has 1 N–H and O–H groups in total. The van der Waals surface area contributed by atoms with Gasteiger partial charge in [-0.2, -0.15) is 5.10 Å². The van der Waals surface area contributed by atoms with E-state index < -0.39 is 0 Å². The van der Waals surface area contributed by atoms with Gasteiger partial charge in [0.15, 0.2) is 0 Å². The fourth-order valence-electron chi connectivity index (χ4n) is 2.73. The minimum Gasteiger partial charge on any atom is -0.319 e. The van der Waals surface area contributed by atoms with Crippen molar-refractivity contribution in [3.8, 4) is 0 Å². The van der Waals surface area contributed by atoms with Crippen LogP contribution in [0.5, 0.6) is 0 Å². The monoisotopic (exact) mass is 317 g/mol. The number of carbonyl (C=O) groups excluding carboxylic acids is 1. The first-order chi connectivity index (χ1) is 10.4. The Bertz CT molecular complexity index is 655. The molecular weight excluding hydrogens is 294 g/mol. The molecule has 0 saturated carbocycles. The number of hydrogen-bond acceptors (Lipinski definition) is 3. The summed E-state index contributed by atoms with van der Waals surface area (Å²) in [5.74, 6) is -0.0217. The number of nitrogens with zero attached hydrogens (tertiary/aromatic N) is 2. The quantitative estimate of drug-likeness (QED) is 0.843. The lowest BCUT2D eigenvalue weighted by atomic mass is 10.1. The van der Waals surface area contributed by atoms with Crippen molar-refractivity contribution >= 4 is 22.9 Å². The first-order valence-corrected chi connectivity index (χ1v) is 8.73. The lowest BCUT2D eigenvalue weighted by Gasteiger charge is -2.18. The van der Waals surface area contributed by atoms with Crippen molar-refractivity contribution in [3.63, 3.8) is 0 Å². The molecule has 3 rings (SSSR count). The summed E-state index contributed by atoms with van der Waals surface area (Å²) >= 11 is 1.65. The van der Waals surface area contributed by atoms with Crippen molar-refractivity contribution in [1.82, 2.24) is 9.78 Å². The maximum Gasteiger partial charge on any atom is 0.265 e. The molecule has 0 aromatic carbocycles. The van der Waals surface area contributed by atoms with Crippen molar-refractivity contribution in [1.29, 1.82) is 0 Å². The number of nitrogens with one attached hydrogen (secondary N) is 1. The second kappa shape index (κ2) is 5.88. The van der Waals surface area contributed by atoms with Gasteiger partial charge in [-0.25, -0.2) is 0 Å². The molecule has 0 unspecified atom stereocenters. The molecule has 0 atom stereocenters. The van der Waals surface area contributed by atoms with Crippen LogP contribution >= 0.6 is 11.3 Å². The van der Waals surface area contributed by atoms with E-state index in [0.29, 0.717) is 0 Å². The minimum absolute atomic E-state index is 0.0217. The largest absolute Gasteiger partial charge is 0.319 e. The lowest BCUT2D eigenvalue weighted by molar-refractivity contribution is 0.103. The highest BCUT2D eigenvalue weighted by Crippen LogP contribution is 2.29. The summed E-state index contributed by atoms with van der Waals surface area (Å²) in [5, 5.41) is 7.28. The van der Waals surface area contributed by atoms with Gasteiger partial charge in [0.05, 0.1) is 22.3 Å². The van der Waals surface area contributed by atoms with Gasteiger partial charge in [0.25, 0.3) is 5.91 Å². The molecule has 1 aliphatic rings. The summed E-state index contributed by atoms with van der Waals surface area (Å²) in [6.07, 6.45) is 9.61. The smallest absolute Gasteiger partial charge is 0.265 e. The number of anilines is 1. The SMILES string of the molecule is CC(C)(C)n1cc(NC(=O)c2cc3c(s2)CCCCC3)cn1. The first-order valence-electron chi connectivity index (χ1n) is 7.91. The van der Waals surface area contributed by atoms with Gasteiger partial charge in [0.2, 0.25) is 0 Å². The van der Waals surface area contributed by atoms with Crippen LogP contribution in [-0.2, 0) is 18.4 Å². The van der Waals surface area contributed by atoms with Gasteiger partial charge in [-0.3, -0.25) is 9.48 Å². The number of fused-ring (bicyclic) bond motifs is 1. The third-order valence-corrected chi connectivity index (χ3v) is 5.23. The highest BCUT2D eigenvalue weighted by Gasteiger charge is 2.18. The molecule has 1 amide bonds. The molecule has 0 bridgehead atoms. The van der Waals surface area contributed by atoms with Crippen molar-refractivity contribution in [2.24, 2.45) is 0 Å².